The molecule has 0 aromatic heterocycles. The van der Waals surface area contributed by atoms with Crippen LogP contribution in [0.2, 0.25) is 0 Å². The monoisotopic (exact) mass is 324 g/mol. The average molecular weight is 325 g/mol. The summed E-state index contributed by atoms with van der Waals surface area (Å²) >= 11 is 3.18. The van der Waals surface area contributed by atoms with E-state index >= 15 is 0 Å². The molecule has 0 saturated heterocycles. The van der Waals surface area contributed by atoms with E-state index in [0.29, 0.717) is 10.9 Å². The van der Waals surface area contributed by atoms with Crippen LogP contribution in [0.4, 0.5) is 0 Å². The molecule has 104 valence electrons. The first-order valence-electron chi connectivity index (χ1n) is 6.39. The van der Waals surface area contributed by atoms with E-state index in [1.807, 2.05) is 0 Å². The minimum Gasteiger partial charge on any atom is -0.508 e. The average Bonchev–Trinajstić information content (AvgIpc) is 2.31. The normalized spacial score (nSPS) is 11.5. The van der Waals surface area contributed by atoms with Crippen LogP contribution >= 0.6 is 15.9 Å². The molecule has 1 aromatic rings. The number of phenolic OH excluding ortho intramolecular Hbond substituents is 2. The minimum atomic E-state index is 0.156. The van der Waals surface area contributed by atoms with Crippen LogP contribution in [-0.2, 0) is 6.42 Å². The van der Waals surface area contributed by atoms with Gasteiger partial charge in [0.1, 0.15) is 11.5 Å². The van der Waals surface area contributed by atoms with E-state index in [-0.39, 0.29) is 11.5 Å². The number of phenols is 2. The van der Waals surface area contributed by atoms with Crippen LogP contribution in [0.3, 0.4) is 0 Å². The molecule has 0 spiro atoms. The van der Waals surface area contributed by atoms with Crippen LogP contribution in [0.1, 0.15) is 39.2 Å². The highest BCUT2D eigenvalue weighted by atomic mass is 79.9. The van der Waals surface area contributed by atoms with Gasteiger partial charge in [0.15, 0.2) is 0 Å². The van der Waals surface area contributed by atoms with Gasteiger partial charge in [-0.1, -0.05) is 23.3 Å². The summed E-state index contributed by atoms with van der Waals surface area (Å²) in [4.78, 5) is 0. The van der Waals surface area contributed by atoms with Gasteiger partial charge >= 0.3 is 0 Å². The van der Waals surface area contributed by atoms with Gasteiger partial charge in [-0.2, -0.15) is 0 Å². The van der Waals surface area contributed by atoms with Crippen LogP contribution in [-0.4, -0.2) is 10.2 Å². The number of rotatable bonds is 5. The lowest BCUT2D eigenvalue weighted by atomic mass is 10.1. The van der Waals surface area contributed by atoms with Crippen LogP contribution in [0.15, 0.2) is 39.9 Å². The smallest absolute Gasteiger partial charge is 0.130 e. The van der Waals surface area contributed by atoms with Crippen LogP contribution in [0, 0.1) is 0 Å². The SMILES string of the molecule is CC(C)=CCC/C(C)=C/Cc1cc(O)c(Br)cc1O. The number of aromatic hydroxyl groups is 2. The number of hydrogen-bond donors (Lipinski definition) is 2. The maximum absolute atomic E-state index is 9.80. The van der Waals surface area contributed by atoms with E-state index in [9.17, 15) is 10.2 Å². The fourth-order valence-electron chi connectivity index (χ4n) is 1.73. The highest BCUT2D eigenvalue weighted by Gasteiger charge is 2.05. The summed E-state index contributed by atoms with van der Waals surface area (Å²) in [6, 6.07) is 3.12. The molecule has 2 N–H and O–H groups in total. The third-order valence-electron chi connectivity index (χ3n) is 2.91. The molecule has 0 saturated carbocycles. The molecule has 1 rings (SSSR count). The Balaban J connectivity index is 2.65. The molecular weight excluding hydrogens is 304 g/mol. The Morgan fingerprint density at radius 3 is 2.42 bits per heavy atom. The molecule has 0 atom stereocenters. The third kappa shape index (κ3) is 5.52. The lowest BCUT2D eigenvalue weighted by Gasteiger charge is -2.05. The quantitative estimate of drug-likeness (QED) is 0.584. The van der Waals surface area contributed by atoms with Crippen molar-refractivity contribution < 1.29 is 10.2 Å². The van der Waals surface area contributed by atoms with Gasteiger partial charge in [-0.05, 0) is 68.1 Å². The molecular formula is C16H21BrO2. The van der Waals surface area contributed by atoms with Crippen LogP contribution in [0.5, 0.6) is 11.5 Å². The molecule has 0 radical (unpaired) electrons. The highest BCUT2D eigenvalue weighted by Crippen LogP contribution is 2.31. The predicted octanol–water partition coefficient (Wildman–Crippen LogP) is 5.10. The van der Waals surface area contributed by atoms with Gasteiger partial charge in [-0.15, -0.1) is 0 Å². The van der Waals surface area contributed by atoms with E-state index in [0.717, 1.165) is 18.4 Å². The fraction of sp³-hybridized carbons (Fsp3) is 0.375. The summed E-state index contributed by atoms with van der Waals surface area (Å²) in [5, 5.41) is 19.4. The minimum absolute atomic E-state index is 0.156. The lowest BCUT2D eigenvalue weighted by molar-refractivity contribution is 0.453. The Kier molecular flexibility index (Phi) is 6.16. The number of halogens is 1. The highest BCUT2D eigenvalue weighted by molar-refractivity contribution is 9.10. The van der Waals surface area contributed by atoms with Crippen molar-refractivity contribution in [2.75, 3.05) is 0 Å². The molecule has 3 heteroatoms. The number of allylic oxidation sites excluding steroid dienone is 4. The zero-order valence-corrected chi connectivity index (χ0v) is 13.3. The van der Waals surface area contributed by atoms with Crippen molar-refractivity contribution in [3.05, 3.63) is 45.5 Å². The molecule has 1 aromatic carbocycles. The second-order valence-corrected chi connectivity index (χ2v) is 5.86. The van der Waals surface area contributed by atoms with Crippen molar-refractivity contribution in [2.45, 2.75) is 40.0 Å². The Labute approximate surface area is 123 Å². The van der Waals surface area contributed by atoms with Crippen LogP contribution < -0.4 is 0 Å². The molecule has 2 nitrogen and oxygen atoms in total. The maximum Gasteiger partial charge on any atom is 0.130 e. The summed E-state index contributed by atoms with van der Waals surface area (Å²) in [7, 11) is 0. The van der Waals surface area contributed by atoms with E-state index in [4.69, 9.17) is 0 Å². The van der Waals surface area contributed by atoms with Gasteiger partial charge in [0.05, 0.1) is 4.47 Å². The predicted molar refractivity (Wildman–Crippen MR) is 83.6 cm³/mol. The second-order valence-electron chi connectivity index (χ2n) is 5.01. The lowest BCUT2D eigenvalue weighted by Crippen LogP contribution is -1.86. The Morgan fingerprint density at radius 2 is 1.79 bits per heavy atom. The van der Waals surface area contributed by atoms with Crippen molar-refractivity contribution >= 4 is 15.9 Å². The largest absolute Gasteiger partial charge is 0.508 e. The molecule has 19 heavy (non-hydrogen) atoms. The Morgan fingerprint density at radius 1 is 1.11 bits per heavy atom. The van der Waals surface area contributed by atoms with E-state index in [2.05, 4.69) is 48.9 Å². The standard InChI is InChI=1S/C16H21BrO2/c1-11(2)5-4-6-12(3)7-8-13-9-16(19)14(17)10-15(13)18/h5,7,9-10,18-19H,4,6,8H2,1-3H3/b12-7+. The zero-order valence-electron chi connectivity index (χ0n) is 11.7. The Hall–Kier alpha value is -1.22. The topological polar surface area (TPSA) is 40.5 Å². The van der Waals surface area contributed by atoms with Gasteiger partial charge in [0.25, 0.3) is 0 Å². The first-order valence-corrected chi connectivity index (χ1v) is 7.18. The van der Waals surface area contributed by atoms with Gasteiger partial charge in [-0.25, -0.2) is 0 Å². The third-order valence-corrected chi connectivity index (χ3v) is 3.54. The molecule has 0 fully saturated rings. The van der Waals surface area contributed by atoms with Gasteiger partial charge in [0, 0.05) is 5.56 Å². The molecule has 0 heterocycles. The summed E-state index contributed by atoms with van der Waals surface area (Å²) in [5.41, 5.74) is 3.37. The first kappa shape index (κ1) is 15.8. The van der Waals surface area contributed by atoms with Gasteiger partial charge < -0.3 is 10.2 Å². The van der Waals surface area contributed by atoms with E-state index in [1.54, 1.807) is 6.07 Å². The summed E-state index contributed by atoms with van der Waals surface area (Å²) < 4.78 is 0.512. The molecule has 0 unspecified atom stereocenters. The van der Waals surface area contributed by atoms with Crippen molar-refractivity contribution in [1.29, 1.82) is 0 Å². The fourth-order valence-corrected chi connectivity index (χ4v) is 2.06. The van der Waals surface area contributed by atoms with Gasteiger partial charge in [0.2, 0.25) is 0 Å². The zero-order chi connectivity index (χ0) is 14.4. The van der Waals surface area contributed by atoms with Crippen LogP contribution in [0.25, 0.3) is 0 Å². The first-order chi connectivity index (χ1) is 8.90. The van der Waals surface area contributed by atoms with E-state index < -0.39 is 0 Å². The Bertz CT molecular complexity index is 498. The van der Waals surface area contributed by atoms with Crippen molar-refractivity contribution in [3.8, 4) is 11.5 Å². The second kappa shape index (κ2) is 7.39. The molecule has 0 aliphatic carbocycles. The van der Waals surface area contributed by atoms with Crippen molar-refractivity contribution in [3.63, 3.8) is 0 Å². The van der Waals surface area contributed by atoms with Gasteiger partial charge in [-0.3, -0.25) is 0 Å². The molecule has 0 aliphatic heterocycles. The van der Waals surface area contributed by atoms with Crippen molar-refractivity contribution in [2.24, 2.45) is 0 Å². The summed E-state index contributed by atoms with van der Waals surface area (Å²) in [5.74, 6) is 0.362. The maximum atomic E-state index is 9.80. The number of hydrogen-bond acceptors (Lipinski definition) is 2. The molecule has 0 bridgehead atoms. The van der Waals surface area contributed by atoms with Crippen molar-refractivity contribution in [1.82, 2.24) is 0 Å². The van der Waals surface area contributed by atoms with E-state index in [1.165, 1.54) is 17.2 Å². The summed E-state index contributed by atoms with van der Waals surface area (Å²) in [6.07, 6.45) is 7.02. The molecule has 0 aliphatic rings. The summed E-state index contributed by atoms with van der Waals surface area (Å²) in [6.45, 7) is 6.29. The number of benzene rings is 1. The molecule has 0 amide bonds.